The Kier molecular flexibility index (Phi) is 5.64. The Labute approximate surface area is 179 Å². The maximum absolute atomic E-state index is 13.0. The van der Waals surface area contributed by atoms with E-state index in [1.165, 1.54) is 4.88 Å². The predicted octanol–water partition coefficient (Wildman–Crippen LogP) is 4.34. The van der Waals surface area contributed by atoms with Crippen molar-refractivity contribution in [2.45, 2.75) is 52.0 Å². The molecule has 0 aliphatic heterocycles. The number of ether oxygens (including phenoxy) is 1. The van der Waals surface area contributed by atoms with E-state index in [0.29, 0.717) is 23.3 Å². The van der Waals surface area contributed by atoms with Gasteiger partial charge in [-0.05, 0) is 57.2 Å². The van der Waals surface area contributed by atoms with Crippen LogP contribution in [0, 0.1) is 13.8 Å². The van der Waals surface area contributed by atoms with Crippen LogP contribution >= 0.6 is 11.3 Å². The molecule has 2 heterocycles. The van der Waals surface area contributed by atoms with Gasteiger partial charge in [0.1, 0.15) is 11.3 Å². The van der Waals surface area contributed by atoms with Crippen LogP contribution in [-0.4, -0.2) is 29.9 Å². The fourth-order valence-electron chi connectivity index (χ4n) is 4.26. The summed E-state index contributed by atoms with van der Waals surface area (Å²) in [6.45, 7) is 3.92. The van der Waals surface area contributed by atoms with Crippen LogP contribution in [0.2, 0.25) is 0 Å². The van der Waals surface area contributed by atoms with E-state index in [1.807, 2.05) is 37.9 Å². The number of nitrogens with zero attached hydrogens (tertiary/aromatic N) is 2. The lowest BCUT2D eigenvalue weighted by Crippen LogP contribution is -2.33. The van der Waals surface area contributed by atoms with Gasteiger partial charge in [0, 0.05) is 30.5 Å². The highest BCUT2D eigenvalue weighted by Crippen LogP contribution is 2.37. The molecule has 4 rings (SSSR count). The van der Waals surface area contributed by atoms with E-state index >= 15 is 0 Å². The van der Waals surface area contributed by atoms with Gasteiger partial charge in [-0.15, -0.1) is 11.3 Å². The molecule has 6 nitrogen and oxygen atoms in total. The van der Waals surface area contributed by atoms with Crippen molar-refractivity contribution in [2.75, 3.05) is 14.2 Å². The maximum atomic E-state index is 13.0. The summed E-state index contributed by atoms with van der Waals surface area (Å²) in [7, 11) is 3.44. The number of hydrogen-bond donors (Lipinski definition) is 0. The molecular weight excluding hydrogens is 400 g/mol. The Morgan fingerprint density at radius 3 is 2.93 bits per heavy atom. The second-order valence-corrected chi connectivity index (χ2v) is 9.05. The van der Waals surface area contributed by atoms with Gasteiger partial charge in [-0.1, -0.05) is 0 Å². The van der Waals surface area contributed by atoms with Gasteiger partial charge >= 0.3 is 5.63 Å². The highest BCUT2D eigenvalue weighted by molar-refractivity contribution is 7.11. The Morgan fingerprint density at radius 2 is 2.17 bits per heavy atom. The fourth-order valence-corrected chi connectivity index (χ4v) is 5.41. The average Bonchev–Trinajstić information content (AvgIpc) is 3.12. The monoisotopic (exact) mass is 426 g/mol. The van der Waals surface area contributed by atoms with Crippen molar-refractivity contribution in [3.63, 3.8) is 0 Å². The van der Waals surface area contributed by atoms with Crippen molar-refractivity contribution in [3.8, 4) is 5.75 Å². The number of amides is 1. The molecule has 0 unspecified atom stereocenters. The third-order valence-corrected chi connectivity index (χ3v) is 7.09. The maximum Gasteiger partial charge on any atom is 0.339 e. The lowest BCUT2D eigenvalue weighted by molar-refractivity contribution is -0.132. The molecule has 0 saturated heterocycles. The van der Waals surface area contributed by atoms with E-state index in [-0.39, 0.29) is 24.0 Å². The summed E-state index contributed by atoms with van der Waals surface area (Å²) in [5.74, 6) is 0.673. The number of thiazole rings is 1. The van der Waals surface area contributed by atoms with Crippen LogP contribution in [0.4, 0.5) is 0 Å². The van der Waals surface area contributed by atoms with Crippen molar-refractivity contribution < 1.29 is 13.9 Å². The minimum absolute atomic E-state index is 0.0348. The second kappa shape index (κ2) is 8.22. The predicted molar refractivity (Wildman–Crippen MR) is 117 cm³/mol. The van der Waals surface area contributed by atoms with Gasteiger partial charge in [-0.3, -0.25) is 4.79 Å². The van der Waals surface area contributed by atoms with E-state index in [0.717, 1.165) is 40.9 Å². The van der Waals surface area contributed by atoms with E-state index in [9.17, 15) is 9.59 Å². The van der Waals surface area contributed by atoms with E-state index in [4.69, 9.17) is 9.15 Å². The van der Waals surface area contributed by atoms with Gasteiger partial charge in [0.25, 0.3) is 0 Å². The molecular formula is C23H26N2O4S. The fraction of sp³-hybridized carbons (Fsp3) is 0.435. The van der Waals surface area contributed by atoms with E-state index < -0.39 is 0 Å². The van der Waals surface area contributed by atoms with Crippen molar-refractivity contribution in [2.24, 2.45) is 0 Å². The Morgan fingerprint density at radius 1 is 1.37 bits per heavy atom. The SMILES string of the molecule is COc1ccc2c(C)c(CCC(=O)N(C)[C@@H]3CCCc4nc(C)sc43)c(=O)oc2c1. The second-order valence-electron chi connectivity index (χ2n) is 7.81. The first-order chi connectivity index (χ1) is 14.4. The smallest absolute Gasteiger partial charge is 0.339 e. The molecule has 7 heteroatoms. The number of carbonyl (C=O) groups is 1. The van der Waals surface area contributed by atoms with Gasteiger partial charge < -0.3 is 14.1 Å². The van der Waals surface area contributed by atoms with Crippen LogP contribution in [-0.2, 0) is 17.6 Å². The molecule has 0 bridgehead atoms. The van der Waals surface area contributed by atoms with Gasteiger partial charge in [-0.25, -0.2) is 9.78 Å². The number of benzene rings is 1. The van der Waals surface area contributed by atoms with Crippen LogP contribution in [0.3, 0.4) is 0 Å². The topological polar surface area (TPSA) is 72.6 Å². The summed E-state index contributed by atoms with van der Waals surface area (Å²) in [6, 6.07) is 5.52. The molecule has 158 valence electrons. The molecule has 0 spiro atoms. The molecule has 1 aromatic carbocycles. The highest BCUT2D eigenvalue weighted by Gasteiger charge is 2.29. The van der Waals surface area contributed by atoms with Crippen molar-refractivity contribution in [1.29, 1.82) is 0 Å². The first-order valence-electron chi connectivity index (χ1n) is 10.2. The first-order valence-corrected chi connectivity index (χ1v) is 11.0. The van der Waals surface area contributed by atoms with Gasteiger partial charge in [0.05, 0.1) is 28.7 Å². The van der Waals surface area contributed by atoms with E-state index in [2.05, 4.69) is 4.98 Å². The molecule has 1 atom stereocenters. The molecule has 3 aromatic rings. The lowest BCUT2D eigenvalue weighted by Gasteiger charge is -2.30. The third kappa shape index (κ3) is 3.74. The largest absolute Gasteiger partial charge is 0.497 e. The van der Waals surface area contributed by atoms with Gasteiger partial charge in [0.2, 0.25) is 5.91 Å². The Balaban J connectivity index is 1.53. The van der Waals surface area contributed by atoms with E-state index in [1.54, 1.807) is 24.5 Å². The summed E-state index contributed by atoms with van der Waals surface area (Å²) >= 11 is 1.69. The quantitative estimate of drug-likeness (QED) is 0.568. The van der Waals surface area contributed by atoms with Gasteiger partial charge in [0.15, 0.2) is 0 Å². The summed E-state index contributed by atoms with van der Waals surface area (Å²) in [5.41, 5.74) is 2.67. The zero-order chi connectivity index (χ0) is 21.4. The number of methoxy groups -OCH3 is 1. The molecule has 1 aliphatic carbocycles. The zero-order valence-corrected chi connectivity index (χ0v) is 18.6. The molecule has 1 aliphatic rings. The summed E-state index contributed by atoms with van der Waals surface area (Å²) in [6.07, 6.45) is 3.61. The van der Waals surface area contributed by atoms with Crippen molar-refractivity contribution in [3.05, 3.63) is 55.3 Å². The molecule has 1 amide bonds. The standard InChI is InChI=1S/C23H26N2O4S/c1-13-16-9-8-15(28-4)12-20(16)29-23(27)17(13)10-11-21(26)25(3)19-7-5-6-18-22(19)30-14(2)24-18/h8-9,12,19H,5-7,10-11H2,1-4H3/t19-/m1/s1. The third-order valence-electron chi connectivity index (χ3n) is 5.97. The number of rotatable bonds is 5. The van der Waals surface area contributed by atoms with Crippen LogP contribution in [0.25, 0.3) is 11.0 Å². The summed E-state index contributed by atoms with van der Waals surface area (Å²) in [4.78, 5) is 33.2. The van der Waals surface area contributed by atoms with Crippen LogP contribution in [0.1, 0.15) is 52.0 Å². The molecule has 2 aromatic heterocycles. The molecule has 0 fully saturated rings. The van der Waals surface area contributed by atoms with Crippen LogP contribution in [0.15, 0.2) is 27.4 Å². The number of fused-ring (bicyclic) bond motifs is 2. The minimum atomic E-state index is -0.387. The summed E-state index contributed by atoms with van der Waals surface area (Å²) < 4.78 is 10.7. The van der Waals surface area contributed by atoms with Crippen LogP contribution < -0.4 is 10.4 Å². The number of carbonyl (C=O) groups excluding carboxylic acids is 1. The van der Waals surface area contributed by atoms with Crippen LogP contribution in [0.5, 0.6) is 5.75 Å². The van der Waals surface area contributed by atoms with Crippen molar-refractivity contribution in [1.82, 2.24) is 9.88 Å². The van der Waals surface area contributed by atoms with Gasteiger partial charge in [-0.2, -0.15) is 0 Å². The normalized spacial score (nSPS) is 15.8. The molecule has 30 heavy (non-hydrogen) atoms. The number of aryl methyl sites for hydroxylation is 3. The lowest BCUT2D eigenvalue weighted by atomic mass is 9.96. The Bertz CT molecular complexity index is 1160. The summed E-state index contributed by atoms with van der Waals surface area (Å²) in [5, 5.41) is 1.91. The zero-order valence-electron chi connectivity index (χ0n) is 17.8. The van der Waals surface area contributed by atoms with Crippen molar-refractivity contribution >= 4 is 28.2 Å². The molecule has 0 N–H and O–H groups in total. The molecule has 0 saturated carbocycles. The number of hydrogen-bond acceptors (Lipinski definition) is 6. The molecule has 0 radical (unpaired) electrons. The number of aromatic nitrogens is 1. The Hall–Kier alpha value is -2.67. The first kappa shape index (κ1) is 20.6. The average molecular weight is 427 g/mol. The minimum Gasteiger partial charge on any atom is -0.497 e. The highest BCUT2D eigenvalue weighted by atomic mass is 32.1.